The number of benzene rings is 3. The Morgan fingerprint density at radius 2 is 1.36 bits per heavy atom. The number of cyclic esters (lactones) is 1. The van der Waals surface area contributed by atoms with Gasteiger partial charge in [0, 0.05) is 23.1 Å². The van der Waals surface area contributed by atoms with Crippen molar-refractivity contribution in [3.05, 3.63) is 119 Å². The molecule has 2 N–H and O–H groups in total. The average Bonchev–Trinajstić information content (AvgIpc) is 3.00. The van der Waals surface area contributed by atoms with E-state index in [9.17, 15) is 9.59 Å². The van der Waals surface area contributed by atoms with Gasteiger partial charge in [0.1, 0.15) is 5.57 Å². The molecule has 0 amide bonds. The molecular weight excluding hydrogens is 350 g/mol. The first kappa shape index (κ1) is 17.9. The van der Waals surface area contributed by atoms with E-state index in [0.717, 1.165) is 5.56 Å². The van der Waals surface area contributed by atoms with Gasteiger partial charge in [0.15, 0.2) is 0 Å². The Bertz CT molecular complexity index is 1040. The second kappa shape index (κ2) is 7.25. The van der Waals surface area contributed by atoms with Crippen LogP contribution in [0.5, 0.6) is 0 Å². The Balaban J connectivity index is 1.88. The zero-order valence-corrected chi connectivity index (χ0v) is 15.2. The first-order valence-corrected chi connectivity index (χ1v) is 9.04. The number of hydrogen-bond donors (Lipinski definition) is 1. The normalized spacial score (nSPS) is 18.8. The lowest BCUT2D eigenvalue weighted by atomic mass is 9.86. The zero-order chi connectivity index (χ0) is 19.6. The van der Waals surface area contributed by atoms with Gasteiger partial charge in [0.2, 0.25) is 11.5 Å². The predicted molar refractivity (Wildman–Crippen MR) is 106 cm³/mol. The van der Waals surface area contributed by atoms with Crippen molar-refractivity contribution in [1.82, 2.24) is 0 Å². The maximum absolute atomic E-state index is 13.2. The van der Waals surface area contributed by atoms with E-state index < -0.39 is 11.7 Å². The molecule has 0 saturated carbocycles. The lowest BCUT2D eigenvalue weighted by molar-refractivity contribution is -0.147. The van der Waals surface area contributed by atoms with E-state index in [4.69, 9.17) is 10.5 Å². The van der Waals surface area contributed by atoms with E-state index in [1.54, 1.807) is 36.4 Å². The van der Waals surface area contributed by atoms with Crippen molar-refractivity contribution in [2.75, 3.05) is 0 Å². The third-order valence-corrected chi connectivity index (χ3v) is 4.90. The predicted octanol–water partition coefficient (Wildman–Crippen LogP) is 3.78. The molecule has 0 spiro atoms. The van der Waals surface area contributed by atoms with Crippen LogP contribution in [0.3, 0.4) is 0 Å². The van der Waals surface area contributed by atoms with Crippen LogP contribution in [0.1, 0.15) is 21.5 Å². The molecule has 1 atom stereocenters. The Morgan fingerprint density at radius 3 is 1.96 bits per heavy atom. The number of nitrogens with two attached hydrogens (primary N) is 1. The van der Waals surface area contributed by atoms with E-state index in [-0.39, 0.29) is 11.4 Å². The van der Waals surface area contributed by atoms with Gasteiger partial charge in [0.05, 0.1) is 0 Å². The molecule has 3 aromatic rings. The number of esters is 1. The maximum Gasteiger partial charge on any atom is 0.344 e. The summed E-state index contributed by atoms with van der Waals surface area (Å²) in [6, 6.07) is 27.4. The number of ether oxygens (including phenoxy) is 1. The molecule has 1 unspecified atom stereocenters. The van der Waals surface area contributed by atoms with Gasteiger partial charge in [-0.25, -0.2) is 4.79 Å². The highest BCUT2D eigenvalue weighted by molar-refractivity contribution is 6.26. The quantitative estimate of drug-likeness (QED) is 0.422. The summed E-state index contributed by atoms with van der Waals surface area (Å²) in [6.07, 6.45) is 0.339. The molecular formula is C24H19NO3. The van der Waals surface area contributed by atoms with Crippen LogP contribution in [0.2, 0.25) is 0 Å². The number of carbonyl (C=O) groups excluding carboxylic acids is 2. The number of ketones is 1. The van der Waals surface area contributed by atoms with Crippen molar-refractivity contribution in [3.63, 3.8) is 0 Å². The van der Waals surface area contributed by atoms with Crippen molar-refractivity contribution in [1.29, 1.82) is 0 Å². The summed E-state index contributed by atoms with van der Waals surface area (Å²) >= 11 is 0. The molecule has 0 aromatic heterocycles. The van der Waals surface area contributed by atoms with Crippen LogP contribution in [0, 0.1) is 0 Å². The summed E-state index contributed by atoms with van der Waals surface area (Å²) < 4.78 is 5.62. The molecule has 0 radical (unpaired) electrons. The Hall–Kier alpha value is -3.50. The Morgan fingerprint density at radius 1 is 0.821 bits per heavy atom. The number of carbonyl (C=O) groups is 2. The lowest BCUT2D eigenvalue weighted by Crippen LogP contribution is -2.40. The Labute approximate surface area is 163 Å². The first-order chi connectivity index (χ1) is 13.6. The number of Topliss-reactive ketones (excluding diaryl/α,β-unsaturated/α-hetero) is 1. The molecule has 3 aromatic carbocycles. The molecule has 1 aliphatic rings. The Kier molecular flexibility index (Phi) is 4.63. The van der Waals surface area contributed by atoms with Crippen molar-refractivity contribution in [3.8, 4) is 0 Å². The van der Waals surface area contributed by atoms with Crippen molar-refractivity contribution in [2.24, 2.45) is 5.73 Å². The van der Waals surface area contributed by atoms with Crippen LogP contribution in [0.4, 0.5) is 0 Å². The summed E-state index contributed by atoms with van der Waals surface area (Å²) in [6.45, 7) is 0. The van der Waals surface area contributed by atoms with Crippen LogP contribution >= 0.6 is 0 Å². The van der Waals surface area contributed by atoms with Crippen molar-refractivity contribution < 1.29 is 14.3 Å². The van der Waals surface area contributed by atoms with Crippen LogP contribution in [0.15, 0.2) is 102 Å². The van der Waals surface area contributed by atoms with Gasteiger partial charge in [-0.05, 0) is 5.56 Å². The SMILES string of the molecule is NC1(c2ccccc2)OC(=O)C(C(=O)c2ccccc2)=C1Cc1ccccc1. The maximum atomic E-state index is 13.2. The monoisotopic (exact) mass is 369 g/mol. The first-order valence-electron chi connectivity index (χ1n) is 9.04. The van der Waals surface area contributed by atoms with Crippen LogP contribution in [0.25, 0.3) is 0 Å². The standard InChI is InChI=1S/C24H19NO3/c25-24(19-14-8-3-9-15-19)20(16-17-10-4-1-5-11-17)21(23(27)28-24)22(26)18-12-6-2-7-13-18/h1-15H,16,25H2. The fourth-order valence-electron chi connectivity index (χ4n) is 3.47. The zero-order valence-electron chi connectivity index (χ0n) is 15.2. The summed E-state index contributed by atoms with van der Waals surface area (Å²) in [5.74, 6) is -1.06. The molecule has 138 valence electrons. The van der Waals surface area contributed by atoms with E-state index in [1.165, 1.54) is 0 Å². The average molecular weight is 369 g/mol. The highest BCUT2D eigenvalue weighted by atomic mass is 16.6. The molecule has 4 heteroatoms. The second-order valence-electron chi connectivity index (χ2n) is 6.70. The topological polar surface area (TPSA) is 69.4 Å². The van der Waals surface area contributed by atoms with Crippen molar-refractivity contribution >= 4 is 11.8 Å². The molecule has 0 bridgehead atoms. The van der Waals surface area contributed by atoms with Gasteiger partial charge < -0.3 is 4.74 Å². The number of rotatable bonds is 5. The van der Waals surface area contributed by atoms with Gasteiger partial charge in [0.25, 0.3) is 0 Å². The van der Waals surface area contributed by atoms with Crippen LogP contribution < -0.4 is 5.73 Å². The third-order valence-electron chi connectivity index (χ3n) is 4.90. The van der Waals surface area contributed by atoms with E-state index in [0.29, 0.717) is 23.1 Å². The molecule has 1 aliphatic heterocycles. The smallest absolute Gasteiger partial charge is 0.344 e. The van der Waals surface area contributed by atoms with Gasteiger partial charge in [-0.1, -0.05) is 91.0 Å². The molecule has 0 fully saturated rings. The summed E-state index contributed by atoms with van der Waals surface area (Å²) in [4.78, 5) is 26.0. The molecule has 4 nitrogen and oxygen atoms in total. The van der Waals surface area contributed by atoms with Gasteiger partial charge in [-0.15, -0.1) is 0 Å². The molecule has 0 saturated heterocycles. The fraction of sp³-hybridized carbons (Fsp3) is 0.0833. The van der Waals surface area contributed by atoms with Gasteiger partial charge >= 0.3 is 5.97 Å². The van der Waals surface area contributed by atoms with E-state index >= 15 is 0 Å². The molecule has 0 aliphatic carbocycles. The second-order valence-corrected chi connectivity index (χ2v) is 6.70. The van der Waals surface area contributed by atoms with Crippen LogP contribution in [-0.2, 0) is 21.7 Å². The van der Waals surface area contributed by atoms with E-state index in [2.05, 4.69) is 0 Å². The summed E-state index contributed by atoms with van der Waals surface area (Å²) in [5.41, 5.74) is 7.63. The molecule has 28 heavy (non-hydrogen) atoms. The van der Waals surface area contributed by atoms with Gasteiger partial charge in [-0.2, -0.15) is 0 Å². The molecule has 1 heterocycles. The van der Waals surface area contributed by atoms with Crippen LogP contribution in [-0.4, -0.2) is 11.8 Å². The van der Waals surface area contributed by atoms with E-state index in [1.807, 2.05) is 54.6 Å². The largest absolute Gasteiger partial charge is 0.432 e. The third kappa shape index (κ3) is 3.15. The summed E-state index contributed by atoms with van der Waals surface area (Å²) in [7, 11) is 0. The van der Waals surface area contributed by atoms with Crippen molar-refractivity contribution in [2.45, 2.75) is 12.1 Å². The number of hydrogen-bond acceptors (Lipinski definition) is 4. The lowest BCUT2D eigenvalue weighted by Gasteiger charge is -2.27. The fourth-order valence-corrected chi connectivity index (χ4v) is 3.47. The molecule has 4 rings (SSSR count). The highest BCUT2D eigenvalue weighted by Crippen LogP contribution is 2.40. The van der Waals surface area contributed by atoms with Gasteiger partial charge in [-0.3, -0.25) is 10.5 Å². The minimum atomic E-state index is -1.48. The summed E-state index contributed by atoms with van der Waals surface area (Å²) in [5, 5.41) is 0. The minimum absolute atomic E-state index is 0.0152. The highest BCUT2D eigenvalue weighted by Gasteiger charge is 2.48. The minimum Gasteiger partial charge on any atom is -0.432 e.